The minimum Gasteiger partial charge on any atom is -0.353 e. The maximum absolute atomic E-state index is 12.1. The van der Waals surface area contributed by atoms with E-state index in [0.717, 1.165) is 44.9 Å². The monoisotopic (exact) mass is 454 g/mol. The van der Waals surface area contributed by atoms with E-state index in [9.17, 15) is 13.2 Å². The zero-order valence-electron chi connectivity index (χ0n) is 18.8. The molecule has 172 valence electrons. The quantitative estimate of drug-likeness (QED) is 0.537. The third-order valence-corrected chi connectivity index (χ3v) is 8.18. The molecule has 1 saturated carbocycles. The van der Waals surface area contributed by atoms with Crippen molar-refractivity contribution in [3.05, 3.63) is 70.8 Å². The lowest BCUT2D eigenvalue weighted by atomic mass is 9.75. The van der Waals surface area contributed by atoms with Gasteiger partial charge >= 0.3 is 0 Å². The Balaban J connectivity index is 1.44. The van der Waals surface area contributed by atoms with Gasteiger partial charge < -0.3 is 5.32 Å². The van der Waals surface area contributed by atoms with E-state index in [0.29, 0.717) is 12.5 Å². The number of nitrogens with one attached hydrogen (secondary N) is 2. The van der Waals surface area contributed by atoms with Gasteiger partial charge in [0.05, 0.1) is 5.75 Å². The third-order valence-electron chi connectivity index (χ3n) is 6.62. The molecule has 2 aliphatic carbocycles. The lowest BCUT2D eigenvalue weighted by molar-refractivity contribution is -0.119. The maximum Gasteiger partial charge on any atom is 0.217 e. The maximum atomic E-state index is 12.1. The highest BCUT2D eigenvalue weighted by Crippen LogP contribution is 2.35. The standard InChI is InChI=1S/C26H34N2O3S/c1-19(29)28-26-14-13-23-12-11-21(8-5-15-27-32(30,31)18-22-9-10-22)16-24(23)25(26)17-20-6-3-2-4-7-20/h2-4,6-7,11-12,16,22,25-27H,5,8-10,13-15,17-18H2,1H3,(H,28,29). The number of fused-ring (bicyclic) bond motifs is 1. The Morgan fingerprint density at radius 3 is 2.53 bits per heavy atom. The molecule has 32 heavy (non-hydrogen) atoms. The molecule has 0 saturated heterocycles. The van der Waals surface area contributed by atoms with E-state index in [4.69, 9.17) is 0 Å². The first kappa shape index (κ1) is 23.0. The molecule has 0 radical (unpaired) electrons. The Kier molecular flexibility index (Phi) is 7.31. The van der Waals surface area contributed by atoms with Crippen molar-refractivity contribution < 1.29 is 13.2 Å². The third kappa shape index (κ3) is 6.42. The van der Waals surface area contributed by atoms with Crippen molar-refractivity contribution in [2.45, 2.75) is 63.8 Å². The second kappa shape index (κ2) is 10.2. The lowest BCUT2D eigenvalue weighted by Crippen LogP contribution is -2.41. The highest BCUT2D eigenvalue weighted by molar-refractivity contribution is 7.89. The SMILES string of the molecule is CC(=O)NC1CCc2ccc(CCCNS(=O)(=O)CC3CC3)cc2C1Cc1ccccc1. The highest BCUT2D eigenvalue weighted by atomic mass is 32.2. The van der Waals surface area contributed by atoms with Gasteiger partial charge in [-0.25, -0.2) is 13.1 Å². The summed E-state index contributed by atoms with van der Waals surface area (Å²) in [5.74, 6) is 0.900. The molecule has 2 N–H and O–H groups in total. The van der Waals surface area contributed by atoms with Crippen LogP contribution in [-0.2, 0) is 34.1 Å². The van der Waals surface area contributed by atoms with Crippen LogP contribution in [0.4, 0.5) is 0 Å². The lowest BCUT2D eigenvalue weighted by Gasteiger charge is -2.34. The molecule has 0 heterocycles. The van der Waals surface area contributed by atoms with Gasteiger partial charge in [-0.05, 0) is 73.1 Å². The zero-order valence-corrected chi connectivity index (χ0v) is 19.7. The molecule has 0 aliphatic heterocycles. The summed E-state index contributed by atoms with van der Waals surface area (Å²) in [4.78, 5) is 11.8. The summed E-state index contributed by atoms with van der Waals surface area (Å²) in [6, 6.07) is 17.3. The molecule has 2 aromatic rings. The number of sulfonamides is 1. The molecule has 1 fully saturated rings. The molecular weight excluding hydrogens is 420 g/mol. The van der Waals surface area contributed by atoms with Crippen molar-refractivity contribution in [1.82, 2.24) is 10.0 Å². The number of benzene rings is 2. The number of aryl methyl sites for hydroxylation is 2. The molecule has 5 nitrogen and oxygen atoms in total. The van der Waals surface area contributed by atoms with Crippen LogP contribution in [0.5, 0.6) is 0 Å². The molecule has 0 spiro atoms. The van der Waals surface area contributed by atoms with Gasteiger partial charge in [0, 0.05) is 25.4 Å². The van der Waals surface area contributed by atoms with Gasteiger partial charge in [-0.2, -0.15) is 0 Å². The second-order valence-corrected chi connectivity index (χ2v) is 11.2. The van der Waals surface area contributed by atoms with Crippen LogP contribution in [0.25, 0.3) is 0 Å². The molecule has 0 bridgehead atoms. The van der Waals surface area contributed by atoms with Crippen LogP contribution < -0.4 is 10.0 Å². The van der Waals surface area contributed by atoms with Crippen molar-refractivity contribution in [3.63, 3.8) is 0 Å². The Morgan fingerprint density at radius 2 is 1.81 bits per heavy atom. The smallest absolute Gasteiger partial charge is 0.217 e. The van der Waals surface area contributed by atoms with E-state index in [-0.39, 0.29) is 23.6 Å². The van der Waals surface area contributed by atoms with Crippen molar-refractivity contribution >= 4 is 15.9 Å². The van der Waals surface area contributed by atoms with E-state index in [2.05, 4.69) is 52.5 Å². The van der Waals surface area contributed by atoms with E-state index in [1.807, 2.05) is 6.07 Å². The molecule has 2 aromatic carbocycles. The number of amides is 1. The van der Waals surface area contributed by atoms with Crippen LogP contribution in [0.2, 0.25) is 0 Å². The van der Waals surface area contributed by atoms with Crippen molar-refractivity contribution in [1.29, 1.82) is 0 Å². The number of rotatable bonds is 10. The van der Waals surface area contributed by atoms with Gasteiger partial charge in [0.1, 0.15) is 0 Å². The average molecular weight is 455 g/mol. The fourth-order valence-corrected chi connectivity index (χ4v) is 6.36. The van der Waals surface area contributed by atoms with Gasteiger partial charge in [-0.15, -0.1) is 0 Å². The predicted octanol–water partition coefficient (Wildman–Crippen LogP) is 3.73. The summed E-state index contributed by atoms with van der Waals surface area (Å²) in [5.41, 5.74) is 5.19. The minimum atomic E-state index is -3.14. The van der Waals surface area contributed by atoms with Crippen molar-refractivity contribution in [2.75, 3.05) is 12.3 Å². The van der Waals surface area contributed by atoms with Gasteiger partial charge in [0.25, 0.3) is 0 Å². The van der Waals surface area contributed by atoms with E-state index in [1.165, 1.54) is 22.3 Å². The molecule has 6 heteroatoms. The topological polar surface area (TPSA) is 75.3 Å². The number of hydrogen-bond donors (Lipinski definition) is 2. The summed E-state index contributed by atoms with van der Waals surface area (Å²) < 4.78 is 26.9. The summed E-state index contributed by atoms with van der Waals surface area (Å²) in [5, 5.41) is 3.19. The van der Waals surface area contributed by atoms with Crippen LogP contribution in [0.1, 0.15) is 60.8 Å². The number of carbonyl (C=O) groups is 1. The Hall–Kier alpha value is -2.18. The summed E-state index contributed by atoms with van der Waals surface area (Å²) in [7, 11) is -3.14. The molecule has 2 aliphatic rings. The average Bonchev–Trinajstić information content (AvgIpc) is 3.56. The summed E-state index contributed by atoms with van der Waals surface area (Å²) in [6.45, 7) is 2.07. The van der Waals surface area contributed by atoms with Gasteiger partial charge in [-0.3, -0.25) is 4.79 Å². The van der Waals surface area contributed by atoms with Crippen LogP contribution in [0.3, 0.4) is 0 Å². The predicted molar refractivity (Wildman–Crippen MR) is 128 cm³/mol. The first-order valence-corrected chi connectivity index (χ1v) is 13.4. The first-order valence-electron chi connectivity index (χ1n) is 11.8. The number of hydrogen-bond acceptors (Lipinski definition) is 3. The first-order chi connectivity index (χ1) is 15.4. The van der Waals surface area contributed by atoms with E-state index < -0.39 is 10.0 Å². The normalized spacial score (nSPS) is 20.5. The Labute approximate surface area is 192 Å². The molecule has 1 amide bonds. The van der Waals surface area contributed by atoms with Crippen LogP contribution in [-0.4, -0.2) is 32.7 Å². The highest BCUT2D eigenvalue weighted by Gasteiger charge is 2.30. The summed E-state index contributed by atoms with van der Waals surface area (Å²) in [6.07, 6.45) is 6.50. The van der Waals surface area contributed by atoms with Gasteiger partial charge in [-0.1, -0.05) is 48.5 Å². The minimum absolute atomic E-state index is 0.0196. The Morgan fingerprint density at radius 1 is 1.03 bits per heavy atom. The van der Waals surface area contributed by atoms with E-state index in [1.54, 1.807) is 6.92 Å². The zero-order chi connectivity index (χ0) is 22.6. The van der Waals surface area contributed by atoms with Crippen molar-refractivity contribution in [2.24, 2.45) is 5.92 Å². The molecule has 4 rings (SSSR count). The Bertz CT molecular complexity index is 1030. The van der Waals surface area contributed by atoms with Crippen LogP contribution in [0.15, 0.2) is 48.5 Å². The summed E-state index contributed by atoms with van der Waals surface area (Å²) >= 11 is 0. The van der Waals surface area contributed by atoms with Gasteiger partial charge in [0.2, 0.25) is 15.9 Å². The number of carbonyl (C=O) groups excluding carboxylic acids is 1. The van der Waals surface area contributed by atoms with Gasteiger partial charge in [0.15, 0.2) is 0 Å². The van der Waals surface area contributed by atoms with Crippen molar-refractivity contribution in [3.8, 4) is 0 Å². The second-order valence-electron chi connectivity index (χ2n) is 9.40. The molecular formula is C26H34N2O3S. The fourth-order valence-electron chi connectivity index (χ4n) is 4.83. The molecule has 0 aromatic heterocycles. The van der Waals surface area contributed by atoms with Crippen LogP contribution in [0, 0.1) is 5.92 Å². The largest absolute Gasteiger partial charge is 0.353 e. The molecule has 2 atom stereocenters. The molecule has 2 unspecified atom stereocenters. The van der Waals surface area contributed by atoms with E-state index >= 15 is 0 Å². The fraction of sp³-hybridized carbons (Fsp3) is 0.500. The van der Waals surface area contributed by atoms with Crippen LogP contribution >= 0.6 is 0 Å².